The summed E-state index contributed by atoms with van der Waals surface area (Å²) in [6.07, 6.45) is -2.47. The Kier molecular flexibility index (Phi) is 5.86. The van der Waals surface area contributed by atoms with Gasteiger partial charge in [0.25, 0.3) is 0 Å². The van der Waals surface area contributed by atoms with Crippen molar-refractivity contribution in [2.24, 2.45) is 5.73 Å². The third-order valence-corrected chi connectivity index (χ3v) is 5.85. The van der Waals surface area contributed by atoms with E-state index >= 15 is 0 Å². The average molecular weight is 447 g/mol. The molecule has 0 saturated carbocycles. The minimum Gasteiger partial charge on any atom is -0.496 e. The predicted octanol–water partition coefficient (Wildman–Crippen LogP) is 6.95. The van der Waals surface area contributed by atoms with Gasteiger partial charge in [0.2, 0.25) is 0 Å². The van der Waals surface area contributed by atoms with E-state index in [1.807, 2.05) is 36.4 Å². The van der Waals surface area contributed by atoms with Crippen LogP contribution in [0.3, 0.4) is 0 Å². The Labute approximate surface area is 183 Å². The maximum Gasteiger partial charge on any atom is 0.418 e. The van der Waals surface area contributed by atoms with Crippen molar-refractivity contribution in [2.75, 3.05) is 13.7 Å². The van der Waals surface area contributed by atoms with Gasteiger partial charge in [0.15, 0.2) is 0 Å². The van der Waals surface area contributed by atoms with Gasteiger partial charge in [-0.05, 0) is 66.4 Å². The van der Waals surface area contributed by atoms with Crippen LogP contribution in [-0.2, 0) is 12.6 Å². The lowest BCUT2D eigenvalue weighted by atomic mass is 9.97. The number of nitrogens with one attached hydrogen (secondary N) is 1. The van der Waals surface area contributed by atoms with Crippen LogP contribution >= 0.6 is 11.6 Å². The quantitative estimate of drug-likeness (QED) is 0.315. The molecule has 0 amide bonds. The molecule has 162 valence electrons. The first-order chi connectivity index (χ1) is 14.8. The molecule has 0 spiro atoms. The molecule has 1 heterocycles. The topological polar surface area (TPSA) is 51.0 Å². The molecule has 31 heavy (non-hydrogen) atoms. The minimum atomic E-state index is -4.51. The lowest BCUT2D eigenvalue weighted by Crippen LogP contribution is -2.05. The number of benzene rings is 3. The summed E-state index contributed by atoms with van der Waals surface area (Å²) >= 11 is 6.42. The third-order valence-electron chi connectivity index (χ3n) is 5.53. The largest absolute Gasteiger partial charge is 0.496 e. The first-order valence-electron chi connectivity index (χ1n) is 10.0. The van der Waals surface area contributed by atoms with Crippen LogP contribution in [0.4, 0.5) is 13.2 Å². The zero-order valence-electron chi connectivity index (χ0n) is 16.9. The number of H-pyrrole nitrogens is 1. The molecule has 1 aromatic heterocycles. The number of aromatic nitrogens is 1. The molecule has 3 N–H and O–H groups in total. The zero-order chi connectivity index (χ0) is 22.2. The van der Waals surface area contributed by atoms with Gasteiger partial charge in [0, 0.05) is 10.9 Å². The van der Waals surface area contributed by atoms with Gasteiger partial charge in [0.05, 0.1) is 28.9 Å². The standard InChI is InChI=1S/C24H22ClF3N2O/c1-31-20-13-15-7-3-2-6-14(15)12-17(20)22-16(8-4-5-11-29)21-19(25)10-9-18(23(21)30-22)24(26,27)28/h2-3,6-7,9-10,12-13,30H,4-5,8,11,29H2,1H3. The van der Waals surface area contributed by atoms with E-state index in [-0.39, 0.29) is 10.5 Å². The van der Waals surface area contributed by atoms with E-state index in [9.17, 15) is 13.2 Å². The first-order valence-corrected chi connectivity index (χ1v) is 10.4. The minimum absolute atomic E-state index is 0.00652. The molecular weight excluding hydrogens is 425 g/mol. The molecule has 0 aliphatic rings. The fraction of sp³-hybridized carbons (Fsp3) is 0.250. The molecule has 0 fully saturated rings. The molecule has 0 aliphatic carbocycles. The van der Waals surface area contributed by atoms with Crippen molar-refractivity contribution in [3.05, 3.63) is 64.7 Å². The van der Waals surface area contributed by atoms with Gasteiger partial charge in [-0.1, -0.05) is 35.9 Å². The van der Waals surface area contributed by atoms with Crippen LogP contribution in [0.1, 0.15) is 24.0 Å². The van der Waals surface area contributed by atoms with E-state index in [4.69, 9.17) is 22.1 Å². The number of nitrogens with two attached hydrogens (primary N) is 1. The predicted molar refractivity (Wildman–Crippen MR) is 120 cm³/mol. The molecule has 4 rings (SSSR count). The van der Waals surface area contributed by atoms with Crippen LogP contribution in [0, 0.1) is 0 Å². The number of methoxy groups -OCH3 is 1. The summed E-state index contributed by atoms with van der Waals surface area (Å²) in [5.74, 6) is 0.579. The van der Waals surface area contributed by atoms with Crippen LogP contribution in [-0.4, -0.2) is 18.6 Å². The molecule has 0 atom stereocenters. The highest BCUT2D eigenvalue weighted by Crippen LogP contribution is 2.44. The molecule has 4 aromatic rings. The summed E-state index contributed by atoms with van der Waals surface area (Å²) in [4.78, 5) is 3.05. The van der Waals surface area contributed by atoms with Gasteiger partial charge < -0.3 is 15.5 Å². The van der Waals surface area contributed by atoms with Gasteiger partial charge in [0.1, 0.15) is 5.75 Å². The van der Waals surface area contributed by atoms with Crippen LogP contribution in [0.2, 0.25) is 5.02 Å². The number of alkyl halides is 3. The van der Waals surface area contributed by atoms with Crippen molar-refractivity contribution in [1.29, 1.82) is 0 Å². The average Bonchev–Trinajstić information content (AvgIpc) is 3.12. The van der Waals surface area contributed by atoms with Crippen LogP contribution in [0.25, 0.3) is 32.9 Å². The maximum absolute atomic E-state index is 13.7. The van der Waals surface area contributed by atoms with Crippen molar-refractivity contribution < 1.29 is 17.9 Å². The molecule has 0 aliphatic heterocycles. The number of hydrogen-bond donors (Lipinski definition) is 2. The van der Waals surface area contributed by atoms with Crippen molar-refractivity contribution in [2.45, 2.75) is 25.4 Å². The number of unbranched alkanes of at least 4 members (excludes halogenated alkanes) is 1. The number of halogens is 4. The van der Waals surface area contributed by atoms with Crippen molar-refractivity contribution in [3.63, 3.8) is 0 Å². The van der Waals surface area contributed by atoms with E-state index in [2.05, 4.69) is 4.98 Å². The van der Waals surface area contributed by atoms with Crippen molar-refractivity contribution in [1.82, 2.24) is 4.98 Å². The van der Waals surface area contributed by atoms with Gasteiger partial charge in [-0.3, -0.25) is 0 Å². The molecule has 7 heteroatoms. The monoisotopic (exact) mass is 446 g/mol. The lowest BCUT2D eigenvalue weighted by molar-refractivity contribution is -0.136. The molecule has 0 unspecified atom stereocenters. The third kappa shape index (κ3) is 3.98. The molecule has 3 nitrogen and oxygen atoms in total. The second-order valence-electron chi connectivity index (χ2n) is 7.47. The number of aromatic amines is 1. The van der Waals surface area contributed by atoms with Crippen LogP contribution < -0.4 is 10.5 Å². The van der Waals surface area contributed by atoms with Crippen molar-refractivity contribution >= 4 is 33.3 Å². The SMILES string of the molecule is COc1cc2ccccc2cc1-c1[nH]c2c(C(F)(F)F)ccc(Cl)c2c1CCCCN. The van der Waals surface area contributed by atoms with Gasteiger partial charge in [-0.2, -0.15) is 13.2 Å². The number of aryl methyl sites for hydroxylation is 1. The van der Waals surface area contributed by atoms with E-state index in [1.54, 1.807) is 7.11 Å². The Bertz CT molecular complexity index is 1250. The number of hydrogen-bond acceptors (Lipinski definition) is 2. The summed E-state index contributed by atoms with van der Waals surface area (Å²) in [7, 11) is 1.55. The second-order valence-corrected chi connectivity index (χ2v) is 7.87. The fourth-order valence-electron chi connectivity index (χ4n) is 4.07. The Morgan fingerprint density at radius 1 is 1.03 bits per heavy atom. The zero-order valence-corrected chi connectivity index (χ0v) is 17.7. The molecular formula is C24H22ClF3N2O. The number of ether oxygens (including phenoxy) is 1. The molecule has 0 saturated heterocycles. The second kappa shape index (κ2) is 8.44. The molecule has 3 aromatic carbocycles. The number of rotatable bonds is 6. The maximum atomic E-state index is 13.7. The summed E-state index contributed by atoms with van der Waals surface area (Å²) in [6.45, 7) is 0.512. The van der Waals surface area contributed by atoms with Gasteiger partial charge >= 0.3 is 6.18 Å². The summed E-state index contributed by atoms with van der Waals surface area (Å²) in [6, 6.07) is 13.9. The Morgan fingerprint density at radius 3 is 2.39 bits per heavy atom. The van der Waals surface area contributed by atoms with E-state index < -0.39 is 11.7 Å². The van der Waals surface area contributed by atoms with Gasteiger partial charge in [-0.25, -0.2) is 0 Å². The highest BCUT2D eigenvalue weighted by Gasteiger charge is 2.35. The van der Waals surface area contributed by atoms with E-state index in [1.165, 1.54) is 6.07 Å². The lowest BCUT2D eigenvalue weighted by Gasteiger charge is -2.12. The fourth-order valence-corrected chi connectivity index (χ4v) is 4.34. The van der Waals surface area contributed by atoms with Crippen molar-refractivity contribution in [3.8, 4) is 17.0 Å². The van der Waals surface area contributed by atoms with Crippen LogP contribution in [0.5, 0.6) is 5.75 Å². The summed E-state index contributed by atoms with van der Waals surface area (Å²) in [5.41, 5.74) is 6.93. The smallest absolute Gasteiger partial charge is 0.418 e. The first kappa shape index (κ1) is 21.5. The van der Waals surface area contributed by atoms with Gasteiger partial charge in [-0.15, -0.1) is 0 Å². The summed E-state index contributed by atoms with van der Waals surface area (Å²) < 4.78 is 46.9. The van der Waals surface area contributed by atoms with Crippen LogP contribution in [0.15, 0.2) is 48.5 Å². The Balaban J connectivity index is 2.04. The Morgan fingerprint density at radius 2 is 1.74 bits per heavy atom. The summed E-state index contributed by atoms with van der Waals surface area (Å²) in [5, 5.41) is 2.64. The Hall–Kier alpha value is -2.70. The molecule has 0 radical (unpaired) electrons. The highest BCUT2D eigenvalue weighted by molar-refractivity contribution is 6.36. The highest BCUT2D eigenvalue weighted by atomic mass is 35.5. The van der Waals surface area contributed by atoms with E-state index in [0.717, 1.165) is 35.2 Å². The van der Waals surface area contributed by atoms with E-state index in [0.29, 0.717) is 35.4 Å². The normalized spacial score (nSPS) is 12.1. The molecule has 0 bridgehead atoms. The number of fused-ring (bicyclic) bond motifs is 2.